The van der Waals surface area contributed by atoms with Gasteiger partial charge in [-0.1, -0.05) is 11.6 Å². The third-order valence-corrected chi connectivity index (χ3v) is 4.90. The van der Waals surface area contributed by atoms with Gasteiger partial charge in [-0.3, -0.25) is 0 Å². The number of nitrogens with zero attached hydrogens (tertiary/aromatic N) is 6. The zero-order valence-electron chi connectivity index (χ0n) is 15.4. The summed E-state index contributed by atoms with van der Waals surface area (Å²) in [5.41, 5.74) is -0.547. The SMILES string of the molecule is N#Cc1cc(Nc2nc(NC3CC3)c3ncc(C#N)n3n2)c(Cl)c(C(O)C(F)(F)F)c1. The number of hydrogen-bond acceptors (Lipinski definition) is 8. The second-order valence-electron chi connectivity index (χ2n) is 6.80. The molecule has 1 fully saturated rings. The summed E-state index contributed by atoms with van der Waals surface area (Å²) in [5.74, 6) is 0.221. The first-order valence-electron chi connectivity index (χ1n) is 8.89. The van der Waals surface area contributed by atoms with Crippen LogP contribution < -0.4 is 10.6 Å². The Kier molecular flexibility index (Phi) is 5.05. The van der Waals surface area contributed by atoms with Crippen LogP contribution in [0.4, 0.5) is 30.6 Å². The quantitative estimate of drug-likeness (QED) is 0.540. The van der Waals surface area contributed by atoms with E-state index in [2.05, 4.69) is 25.7 Å². The first-order valence-corrected chi connectivity index (χ1v) is 9.27. The zero-order chi connectivity index (χ0) is 22.3. The molecule has 0 radical (unpaired) electrons. The van der Waals surface area contributed by atoms with E-state index in [1.807, 2.05) is 6.07 Å². The minimum absolute atomic E-state index is 0.102. The van der Waals surface area contributed by atoms with Gasteiger partial charge in [0.15, 0.2) is 23.3 Å². The zero-order valence-corrected chi connectivity index (χ0v) is 16.2. The summed E-state index contributed by atoms with van der Waals surface area (Å²) in [6, 6.07) is 5.92. The highest BCUT2D eigenvalue weighted by molar-refractivity contribution is 6.34. The highest BCUT2D eigenvalue weighted by Gasteiger charge is 2.41. The number of rotatable bonds is 5. The van der Waals surface area contributed by atoms with Crippen molar-refractivity contribution in [3.8, 4) is 12.1 Å². The Morgan fingerprint density at radius 3 is 2.61 bits per heavy atom. The lowest BCUT2D eigenvalue weighted by Gasteiger charge is -2.18. The van der Waals surface area contributed by atoms with Gasteiger partial charge < -0.3 is 15.7 Å². The molecule has 1 unspecified atom stereocenters. The molecular weight excluding hydrogens is 437 g/mol. The number of nitriles is 2. The van der Waals surface area contributed by atoms with Crippen molar-refractivity contribution in [3.63, 3.8) is 0 Å². The molecule has 3 aromatic rings. The lowest BCUT2D eigenvalue weighted by molar-refractivity contribution is -0.206. The van der Waals surface area contributed by atoms with Crippen molar-refractivity contribution in [1.29, 1.82) is 10.5 Å². The highest BCUT2D eigenvalue weighted by Crippen LogP contribution is 2.40. The van der Waals surface area contributed by atoms with Crippen LogP contribution in [0.2, 0.25) is 5.02 Å². The van der Waals surface area contributed by atoms with Crippen LogP contribution in [0.1, 0.15) is 35.8 Å². The lowest BCUT2D eigenvalue weighted by atomic mass is 10.0. The Bertz CT molecular complexity index is 1260. The molecule has 2 aromatic heterocycles. The molecule has 158 valence electrons. The van der Waals surface area contributed by atoms with E-state index >= 15 is 0 Å². The molecule has 4 rings (SSSR count). The normalized spacial score (nSPS) is 14.7. The van der Waals surface area contributed by atoms with Crippen molar-refractivity contribution in [2.45, 2.75) is 31.2 Å². The van der Waals surface area contributed by atoms with Crippen molar-refractivity contribution >= 4 is 34.7 Å². The monoisotopic (exact) mass is 448 g/mol. The van der Waals surface area contributed by atoms with Gasteiger partial charge in [0.05, 0.1) is 28.5 Å². The molecule has 0 aliphatic heterocycles. The van der Waals surface area contributed by atoms with Crippen LogP contribution in [0, 0.1) is 22.7 Å². The predicted octanol–water partition coefficient (Wildman–Crippen LogP) is 3.43. The fourth-order valence-electron chi connectivity index (χ4n) is 2.83. The Morgan fingerprint density at radius 2 is 2.00 bits per heavy atom. The maximum Gasteiger partial charge on any atom is 0.418 e. The van der Waals surface area contributed by atoms with Gasteiger partial charge in [0.1, 0.15) is 6.07 Å². The molecule has 1 aliphatic carbocycles. The third kappa shape index (κ3) is 4.03. The number of alkyl halides is 3. The molecule has 0 amide bonds. The van der Waals surface area contributed by atoms with E-state index < -0.39 is 22.9 Å². The average Bonchev–Trinajstić information content (AvgIpc) is 3.44. The first kappa shape index (κ1) is 20.7. The number of hydrogen-bond donors (Lipinski definition) is 3. The molecule has 31 heavy (non-hydrogen) atoms. The Balaban J connectivity index is 1.80. The van der Waals surface area contributed by atoms with Crippen LogP contribution in [0.5, 0.6) is 0 Å². The predicted molar refractivity (Wildman–Crippen MR) is 103 cm³/mol. The molecule has 0 spiro atoms. The summed E-state index contributed by atoms with van der Waals surface area (Å²) in [6.07, 6.45) is -4.70. The topological polar surface area (TPSA) is 135 Å². The summed E-state index contributed by atoms with van der Waals surface area (Å²) in [6.45, 7) is 0. The largest absolute Gasteiger partial charge is 0.418 e. The van der Waals surface area contributed by atoms with Gasteiger partial charge in [0, 0.05) is 11.6 Å². The second-order valence-corrected chi connectivity index (χ2v) is 7.18. The van der Waals surface area contributed by atoms with E-state index in [4.69, 9.17) is 11.6 Å². The molecule has 3 N–H and O–H groups in total. The Labute approximate surface area is 177 Å². The number of halogens is 4. The second kappa shape index (κ2) is 7.58. The summed E-state index contributed by atoms with van der Waals surface area (Å²) in [4.78, 5) is 8.42. The maximum absolute atomic E-state index is 13.0. The lowest BCUT2D eigenvalue weighted by Crippen LogP contribution is -2.21. The molecule has 1 saturated carbocycles. The summed E-state index contributed by atoms with van der Waals surface area (Å²) in [5, 5.41) is 37.6. The molecule has 13 heteroatoms. The number of aliphatic hydroxyl groups is 1. The molecular formula is C18H12ClF3N8O. The number of aliphatic hydroxyl groups excluding tert-OH is 1. The van der Waals surface area contributed by atoms with E-state index in [1.54, 1.807) is 6.07 Å². The number of anilines is 3. The van der Waals surface area contributed by atoms with Crippen LogP contribution in [0.25, 0.3) is 5.65 Å². The summed E-state index contributed by atoms with van der Waals surface area (Å²) in [7, 11) is 0. The standard InChI is InChI=1S/C18H12ClF3N8O/c19-13-11(14(31)18(20,21)22)3-8(5-23)4-12(13)27-17-28-15(26-9-1-2-9)16-25-7-10(6-24)30(16)29-17/h3-4,7,9,14,31H,1-2H2,(H2,26,27,28,29). The van der Waals surface area contributed by atoms with Gasteiger partial charge in [0.25, 0.3) is 0 Å². The maximum atomic E-state index is 13.0. The number of imidazole rings is 1. The van der Waals surface area contributed by atoms with Crippen molar-refractivity contribution < 1.29 is 18.3 Å². The van der Waals surface area contributed by atoms with Crippen molar-refractivity contribution in [2.75, 3.05) is 10.6 Å². The fourth-order valence-corrected chi connectivity index (χ4v) is 3.09. The molecule has 2 heterocycles. The van der Waals surface area contributed by atoms with Crippen LogP contribution in [-0.2, 0) is 0 Å². The Morgan fingerprint density at radius 1 is 1.26 bits per heavy atom. The molecule has 0 saturated heterocycles. The van der Waals surface area contributed by atoms with E-state index in [9.17, 15) is 28.8 Å². The van der Waals surface area contributed by atoms with E-state index in [0.717, 1.165) is 18.9 Å². The van der Waals surface area contributed by atoms with Gasteiger partial charge in [-0.05, 0) is 25.0 Å². The number of nitrogens with one attached hydrogen (secondary N) is 2. The van der Waals surface area contributed by atoms with Crippen molar-refractivity contribution in [3.05, 3.63) is 40.2 Å². The van der Waals surface area contributed by atoms with Crippen LogP contribution in [0.15, 0.2) is 18.3 Å². The minimum atomic E-state index is -4.98. The van der Waals surface area contributed by atoms with Gasteiger partial charge in [0.2, 0.25) is 5.95 Å². The molecule has 1 aromatic carbocycles. The smallest absolute Gasteiger partial charge is 0.379 e. The van der Waals surface area contributed by atoms with E-state index in [-0.39, 0.29) is 28.9 Å². The summed E-state index contributed by atoms with van der Waals surface area (Å²) >= 11 is 6.10. The van der Waals surface area contributed by atoms with Gasteiger partial charge in [-0.2, -0.15) is 33.2 Å². The van der Waals surface area contributed by atoms with Crippen molar-refractivity contribution in [1.82, 2.24) is 19.6 Å². The van der Waals surface area contributed by atoms with Crippen LogP contribution >= 0.6 is 11.6 Å². The molecule has 1 atom stereocenters. The van der Waals surface area contributed by atoms with Crippen LogP contribution in [0.3, 0.4) is 0 Å². The van der Waals surface area contributed by atoms with Crippen LogP contribution in [-0.4, -0.2) is 36.9 Å². The van der Waals surface area contributed by atoms with Gasteiger partial charge in [-0.25, -0.2) is 4.98 Å². The number of benzene rings is 1. The number of fused-ring (bicyclic) bond motifs is 1. The minimum Gasteiger partial charge on any atom is -0.379 e. The molecule has 0 bridgehead atoms. The first-order chi connectivity index (χ1) is 14.7. The van der Waals surface area contributed by atoms with Gasteiger partial charge >= 0.3 is 6.18 Å². The fraction of sp³-hybridized carbons (Fsp3) is 0.278. The third-order valence-electron chi connectivity index (χ3n) is 4.48. The summed E-state index contributed by atoms with van der Waals surface area (Å²) < 4.78 is 40.3. The van der Waals surface area contributed by atoms with E-state index in [0.29, 0.717) is 11.5 Å². The van der Waals surface area contributed by atoms with Gasteiger partial charge in [-0.15, -0.1) is 5.10 Å². The number of aromatic nitrogens is 4. The molecule has 1 aliphatic rings. The van der Waals surface area contributed by atoms with E-state index in [1.165, 1.54) is 16.8 Å². The van der Waals surface area contributed by atoms with Crippen molar-refractivity contribution in [2.24, 2.45) is 0 Å². The average molecular weight is 449 g/mol. The Hall–Kier alpha value is -3.61. The highest BCUT2D eigenvalue weighted by atomic mass is 35.5. The molecule has 9 nitrogen and oxygen atoms in total.